The molecule has 3 aromatic carbocycles. The third kappa shape index (κ3) is 14.1. The summed E-state index contributed by atoms with van der Waals surface area (Å²) < 4.78 is 5.53. The van der Waals surface area contributed by atoms with Gasteiger partial charge in [-0.25, -0.2) is 9.59 Å². The van der Waals surface area contributed by atoms with E-state index in [1.54, 1.807) is 44.2 Å². The van der Waals surface area contributed by atoms with E-state index < -0.39 is 122 Å². The lowest BCUT2D eigenvalue weighted by atomic mass is 9.96. The van der Waals surface area contributed by atoms with Crippen LogP contribution in [0.4, 0.5) is 4.79 Å². The Morgan fingerprint density at radius 2 is 1.10 bits per heavy atom. The van der Waals surface area contributed by atoms with Gasteiger partial charge in [-0.1, -0.05) is 99.1 Å². The molecule has 0 bridgehead atoms. The van der Waals surface area contributed by atoms with Gasteiger partial charge in [0.1, 0.15) is 36.8 Å². The molecule has 0 spiro atoms. The molecule has 19 heteroatoms. The molecule has 6 atom stereocenters. The summed E-state index contributed by atoms with van der Waals surface area (Å²) in [7, 11) is 0. The fourth-order valence-electron chi connectivity index (χ4n) is 7.08. The van der Waals surface area contributed by atoms with E-state index in [0.717, 1.165) is 22.3 Å². The molecule has 3 aromatic rings. The van der Waals surface area contributed by atoms with Gasteiger partial charge < -0.3 is 52.4 Å². The van der Waals surface area contributed by atoms with E-state index in [1.807, 2.05) is 48.5 Å². The molecule has 0 radical (unpaired) electrons. The number of carbonyl (C=O) groups excluding carboxylic acids is 6. The van der Waals surface area contributed by atoms with Crippen molar-refractivity contribution >= 4 is 53.5 Å². The third-order valence-corrected chi connectivity index (χ3v) is 10.6. The molecule has 0 unspecified atom stereocenters. The summed E-state index contributed by atoms with van der Waals surface area (Å²) in [6, 6.07) is 15.7. The van der Waals surface area contributed by atoms with Gasteiger partial charge in [-0.2, -0.15) is 0 Å². The van der Waals surface area contributed by atoms with Crippen molar-refractivity contribution in [2.45, 2.75) is 94.9 Å². The Balaban J connectivity index is 1.48. The van der Waals surface area contributed by atoms with Crippen LogP contribution in [-0.2, 0) is 49.5 Å². The molecule has 0 fully saturated rings. The molecule has 6 amide bonds. The van der Waals surface area contributed by atoms with Gasteiger partial charge >= 0.3 is 24.0 Å². The largest absolute Gasteiger partial charge is 0.481 e. The van der Waals surface area contributed by atoms with E-state index in [4.69, 9.17) is 10.5 Å². The van der Waals surface area contributed by atoms with E-state index in [9.17, 15) is 58.5 Å². The highest BCUT2D eigenvalue weighted by atomic mass is 16.5. The number of nitrogens with two attached hydrogens (primary N) is 1. The lowest BCUT2D eigenvalue weighted by Gasteiger charge is -2.29. The maximum absolute atomic E-state index is 13.8. The minimum Gasteiger partial charge on any atom is -0.481 e. The van der Waals surface area contributed by atoms with Crippen LogP contribution in [0.1, 0.15) is 75.0 Å². The summed E-state index contributed by atoms with van der Waals surface area (Å²) >= 11 is 0. The van der Waals surface area contributed by atoms with Crippen LogP contribution in [0.15, 0.2) is 78.9 Å². The highest BCUT2D eigenvalue weighted by Crippen LogP contribution is 2.44. The molecule has 10 N–H and O–H groups in total. The van der Waals surface area contributed by atoms with Gasteiger partial charge in [-0.3, -0.25) is 33.6 Å². The Hall–Kier alpha value is -7.31. The minimum atomic E-state index is -1.76. The number of amides is 6. The highest BCUT2D eigenvalue weighted by Gasteiger charge is 2.36. The number of fused-ring (bicyclic) bond motifs is 3. The molecule has 0 aromatic heterocycles. The molecule has 1 aliphatic rings. The number of primary amides is 1. The first-order chi connectivity index (χ1) is 30.0. The van der Waals surface area contributed by atoms with E-state index in [1.165, 1.54) is 0 Å². The van der Waals surface area contributed by atoms with Crippen molar-refractivity contribution in [2.75, 3.05) is 6.61 Å². The Kier molecular flexibility index (Phi) is 17.7. The van der Waals surface area contributed by atoms with Gasteiger partial charge in [-0.05, 0) is 46.6 Å². The van der Waals surface area contributed by atoms with Crippen molar-refractivity contribution < 1.29 is 63.2 Å². The molecule has 4 rings (SSSR count). The second-order valence-corrected chi connectivity index (χ2v) is 15.1. The maximum Gasteiger partial charge on any atom is 0.407 e. The molecule has 19 nitrogen and oxygen atoms in total. The van der Waals surface area contributed by atoms with Gasteiger partial charge in [0.15, 0.2) is 0 Å². The van der Waals surface area contributed by atoms with Crippen molar-refractivity contribution in [3.63, 3.8) is 0 Å². The van der Waals surface area contributed by atoms with Crippen LogP contribution in [0.3, 0.4) is 0 Å². The fraction of sp³-hybridized carbons (Fsp3) is 0.386. The molecule has 1 aliphatic carbocycles. The van der Waals surface area contributed by atoms with Crippen LogP contribution in [0.2, 0.25) is 0 Å². The first-order valence-electron chi connectivity index (χ1n) is 20.3. The predicted octanol–water partition coefficient (Wildman–Crippen LogP) is 1.81. The van der Waals surface area contributed by atoms with Crippen molar-refractivity contribution in [1.82, 2.24) is 26.6 Å². The van der Waals surface area contributed by atoms with Crippen molar-refractivity contribution in [3.8, 4) is 11.1 Å². The van der Waals surface area contributed by atoms with E-state index >= 15 is 0 Å². The van der Waals surface area contributed by atoms with Gasteiger partial charge in [0.25, 0.3) is 0 Å². The number of aliphatic carboxylic acids is 3. The standard InChI is InChI=1S/C44H52N6O13/c1-3-24(2)38(42(59)46-31(17-19-36(52)53)39(56)48-34(43(60)61)21-25-11-5-4-6-12-25)50-41(58)33(22-35(45)51)47-40(57)32(18-20-37(54)55)49-44(62)63-23-30-28-15-9-7-13-26(28)27-14-8-10-16-29(27)30/h4-16,24,30-34,38H,3,17-23H2,1-2H3,(H2,45,51)(H,46,59)(H,47,57)(H,48,56)(H,49,62)(H,50,58)(H,52,53)(H,54,55)(H,60,61)/t24-,31-,32-,33-,34-,38-/m0/s1. The smallest absolute Gasteiger partial charge is 0.407 e. The average Bonchev–Trinajstić information content (AvgIpc) is 3.57. The SMILES string of the molecule is CC[C@H](C)[C@H](NC(=O)[C@H](CC(N)=O)NC(=O)[C@H](CCC(=O)O)NC(=O)OCC1c2ccccc2-c2ccccc21)C(=O)N[C@@H](CCC(=O)O)C(=O)N[C@@H](Cc1ccccc1)C(=O)O. The number of carboxylic acid groups (broad SMARTS) is 3. The van der Waals surface area contributed by atoms with Crippen LogP contribution < -0.4 is 32.3 Å². The summed E-state index contributed by atoms with van der Waals surface area (Å²) in [5.41, 5.74) is 9.78. The van der Waals surface area contributed by atoms with Crippen LogP contribution in [0.25, 0.3) is 11.1 Å². The number of nitrogens with one attached hydrogen (secondary N) is 5. The van der Waals surface area contributed by atoms with Crippen molar-refractivity contribution in [2.24, 2.45) is 11.7 Å². The lowest BCUT2D eigenvalue weighted by Crippen LogP contribution is -2.60. The monoisotopic (exact) mass is 872 g/mol. The number of rotatable bonds is 24. The number of hydrogen-bond donors (Lipinski definition) is 9. The Morgan fingerprint density at radius 3 is 1.60 bits per heavy atom. The molecule has 0 saturated heterocycles. The van der Waals surface area contributed by atoms with Crippen LogP contribution >= 0.6 is 0 Å². The molecule has 63 heavy (non-hydrogen) atoms. The quantitative estimate of drug-likeness (QED) is 0.0621. The summed E-state index contributed by atoms with van der Waals surface area (Å²) in [6.45, 7) is 3.11. The van der Waals surface area contributed by atoms with E-state index in [0.29, 0.717) is 5.56 Å². The molecule has 336 valence electrons. The topological polar surface area (TPSA) is 310 Å². The van der Waals surface area contributed by atoms with E-state index in [2.05, 4.69) is 26.6 Å². The average molecular weight is 873 g/mol. The maximum atomic E-state index is 13.8. The van der Waals surface area contributed by atoms with Crippen LogP contribution in [-0.4, -0.2) is 106 Å². The van der Waals surface area contributed by atoms with Crippen molar-refractivity contribution in [3.05, 3.63) is 95.6 Å². The highest BCUT2D eigenvalue weighted by molar-refractivity contribution is 5.97. The first kappa shape index (κ1) is 48.4. The van der Waals surface area contributed by atoms with Crippen LogP contribution in [0, 0.1) is 5.92 Å². The number of hydrogen-bond acceptors (Lipinski definition) is 10. The lowest BCUT2D eigenvalue weighted by molar-refractivity contribution is -0.143. The summed E-state index contributed by atoms with van der Waals surface area (Å²) in [5, 5.41) is 40.5. The minimum absolute atomic E-state index is 0.127. The van der Waals surface area contributed by atoms with Gasteiger partial charge in [-0.15, -0.1) is 0 Å². The zero-order valence-electron chi connectivity index (χ0n) is 34.7. The molecule has 0 aliphatic heterocycles. The van der Waals surface area contributed by atoms with Gasteiger partial charge in [0.2, 0.25) is 29.5 Å². The molecular formula is C44H52N6O13. The molecular weight excluding hydrogens is 821 g/mol. The number of ether oxygens (including phenoxy) is 1. The predicted molar refractivity (Wildman–Crippen MR) is 225 cm³/mol. The zero-order chi connectivity index (χ0) is 46.2. The second kappa shape index (κ2) is 23.1. The number of alkyl carbamates (subject to hydrolysis) is 1. The Morgan fingerprint density at radius 1 is 0.619 bits per heavy atom. The third-order valence-electron chi connectivity index (χ3n) is 10.6. The summed E-state index contributed by atoms with van der Waals surface area (Å²) in [4.78, 5) is 115. The Labute approximate surface area is 362 Å². The summed E-state index contributed by atoms with van der Waals surface area (Å²) in [5.74, 6) is -10.2. The zero-order valence-corrected chi connectivity index (χ0v) is 34.7. The van der Waals surface area contributed by atoms with Gasteiger partial charge in [0.05, 0.1) is 6.42 Å². The first-order valence-corrected chi connectivity index (χ1v) is 20.3. The number of carboxylic acids is 3. The Bertz CT molecular complexity index is 2120. The van der Waals surface area contributed by atoms with Crippen LogP contribution in [0.5, 0.6) is 0 Å². The fourth-order valence-corrected chi connectivity index (χ4v) is 7.08. The van der Waals surface area contributed by atoms with Gasteiger partial charge in [0, 0.05) is 25.2 Å². The van der Waals surface area contributed by atoms with Crippen molar-refractivity contribution in [1.29, 1.82) is 0 Å². The summed E-state index contributed by atoms with van der Waals surface area (Å²) in [6.07, 6.45) is -3.85. The second-order valence-electron chi connectivity index (χ2n) is 15.1. The molecule has 0 saturated carbocycles. The number of benzene rings is 3. The van der Waals surface area contributed by atoms with E-state index in [-0.39, 0.29) is 25.4 Å². The normalized spacial score (nSPS) is 14.4. The number of carbonyl (C=O) groups is 9. The molecule has 0 heterocycles.